The molecule has 1 saturated carbocycles. The van der Waals surface area contributed by atoms with E-state index >= 15 is 0 Å². The molecule has 0 saturated heterocycles. The molecule has 0 aromatic heterocycles. The van der Waals surface area contributed by atoms with Crippen LogP contribution in [0, 0.1) is 11.8 Å². The molecule has 0 spiro atoms. The van der Waals surface area contributed by atoms with Crippen molar-refractivity contribution in [2.45, 2.75) is 45.6 Å². The third-order valence-corrected chi connectivity index (χ3v) is 4.34. The molecule has 1 nitrogen and oxygen atoms in total. The van der Waals surface area contributed by atoms with E-state index in [1.165, 1.54) is 18.4 Å². The van der Waals surface area contributed by atoms with E-state index in [1.807, 2.05) is 0 Å². The van der Waals surface area contributed by atoms with Gasteiger partial charge >= 0.3 is 0 Å². The average molecular weight is 231 g/mol. The van der Waals surface area contributed by atoms with Crippen LogP contribution in [-0.2, 0) is 0 Å². The molecular formula is C16H25N. The van der Waals surface area contributed by atoms with Crippen LogP contribution in [0.1, 0.15) is 45.1 Å². The van der Waals surface area contributed by atoms with Crippen molar-refractivity contribution in [1.82, 2.24) is 5.32 Å². The summed E-state index contributed by atoms with van der Waals surface area (Å²) in [5.41, 5.74) is 1.53. The summed E-state index contributed by atoms with van der Waals surface area (Å²) in [6, 6.07) is 11.8. The summed E-state index contributed by atoms with van der Waals surface area (Å²) in [5.74, 6) is 2.35. The fourth-order valence-corrected chi connectivity index (χ4v) is 3.46. The Labute approximate surface area is 106 Å². The normalized spacial score (nSPS) is 32.2. The van der Waals surface area contributed by atoms with Gasteiger partial charge in [0, 0.05) is 6.04 Å². The van der Waals surface area contributed by atoms with Crippen molar-refractivity contribution >= 4 is 0 Å². The van der Waals surface area contributed by atoms with Crippen LogP contribution in [0.3, 0.4) is 0 Å². The number of rotatable bonds is 5. The maximum absolute atomic E-state index is 3.72. The molecule has 4 atom stereocenters. The van der Waals surface area contributed by atoms with Crippen molar-refractivity contribution in [3.05, 3.63) is 35.9 Å². The summed E-state index contributed by atoms with van der Waals surface area (Å²) in [4.78, 5) is 0. The Bertz CT molecular complexity index is 333. The summed E-state index contributed by atoms with van der Waals surface area (Å²) in [5, 5.41) is 3.72. The van der Waals surface area contributed by atoms with E-state index < -0.39 is 0 Å². The zero-order valence-electron chi connectivity index (χ0n) is 11.3. The lowest BCUT2D eigenvalue weighted by Crippen LogP contribution is -2.56. The Morgan fingerprint density at radius 1 is 1.12 bits per heavy atom. The maximum Gasteiger partial charge on any atom is 0.0133 e. The van der Waals surface area contributed by atoms with Gasteiger partial charge in [0.1, 0.15) is 0 Å². The maximum atomic E-state index is 3.72. The van der Waals surface area contributed by atoms with Crippen molar-refractivity contribution in [3.63, 3.8) is 0 Å². The van der Waals surface area contributed by atoms with Gasteiger partial charge in [0.25, 0.3) is 0 Å². The average Bonchev–Trinajstić information content (AvgIpc) is 2.37. The van der Waals surface area contributed by atoms with E-state index in [1.54, 1.807) is 0 Å². The molecule has 0 heterocycles. The smallest absolute Gasteiger partial charge is 0.0133 e. The second kappa shape index (κ2) is 5.68. The molecule has 0 radical (unpaired) electrons. The summed E-state index contributed by atoms with van der Waals surface area (Å²) in [6.07, 6.45) is 2.51. The Morgan fingerprint density at radius 2 is 1.82 bits per heavy atom. The summed E-state index contributed by atoms with van der Waals surface area (Å²) in [6.45, 7) is 8.13. The Kier molecular flexibility index (Phi) is 4.22. The molecule has 0 aliphatic heterocycles. The highest BCUT2D eigenvalue weighted by Crippen LogP contribution is 2.49. The largest absolute Gasteiger partial charge is 0.313 e. The van der Waals surface area contributed by atoms with Crippen LogP contribution in [0.2, 0.25) is 0 Å². The fourth-order valence-electron chi connectivity index (χ4n) is 3.46. The quantitative estimate of drug-likeness (QED) is 0.812. The molecule has 1 N–H and O–H groups in total. The van der Waals surface area contributed by atoms with Gasteiger partial charge < -0.3 is 5.32 Å². The van der Waals surface area contributed by atoms with Crippen molar-refractivity contribution < 1.29 is 0 Å². The first-order valence-electron chi connectivity index (χ1n) is 7.07. The van der Waals surface area contributed by atoms with Crippen LogP contribution in [0.25, 0.3) is 0 Å². The van der Waals surface area contributed by atoms with Crippen LogP contribution < -0.4 is 5.32 Å². The molecule has 0 amide bonds. The van der Waals surface area contributed by atoms with Crippen molar-refractivity contribution in [2.75, 3.05) is 6.54 Å². The van der Waals surface area contributed by atoms with Gasteiger partial charge in [0.2, 0.25) is 0 Å². The van der Waals surface area contributed by atoms with E-state index in [0.717, 1.165) is 30.3 Å². The molecule has 94 valence electrons. The van der Waals surface area contributed by atoms with Crippen LogP contribution in [-0.4, -0.2) is 12.6 Å². The minimum absolute atomic E-state index is 0.727. The number of hydrogen-bond acceptors (Lipinski definition) is 1. The summed E-state index contributed by atoms with van der Waals surface area (Å²) < 4.78 is 0. The van der Waals surface area contributed by atoms with Crippen LogP contribution in [0.4, 0.5) is 0 Å². The standard InChI is InChI=1S/C16H25N/c1-4-11-17-16-12(3)15(14(16)5-2)13-9-7-6-8-10-13/h6-10,12,14-17H,4-5,11H2,1-3H3. The molecule has 1 fully saturated rings. The molecule has 2 rings (SSSR count). The third kappa shape index (κ3) is 2.40. The topological polar surface area (TPSA) is 12.0 Å². The van der Waals surface area contributed by atoms with E-state index in [-0.39, 0.29) is 0 Å². The van der Waals surface area contributed by atoms with Gasteiger partial charge in [-0.3, -0.25) is 0 Å². The Hall–Kier alpha value is -0.820. The minimum Gasteiger partial charge on any atom is -0.313 e. The molecular weight excluding hydrogens is 206 g/mol. The molecule has 17 heavy (non-hydrogen) atoms. The van der Waals surface area contributed by atoms with E-state index in [0.29, 0.717) is 0 Å². The molecule has 4 unspecified atom stereocenters. The molecule has 1 aromatic rings. The number of benzene rings is 1. The lowest BCUT2D eigenvalue weighted by molar-refractivity contribution is 0.0787. The molecule has 0 bridgehead atoms. The van der Waals surface area contributed by atoms with Gasteiger partial charge in [0.05, 0.1) is 0 Å². The van der Waals surface area contributed by atoms with Gasteiger partial charge in [-0.05, 0) is 36.3 Å². The Morgan fingerprint density at radius 3 is 2.41 bits per heavy atom. The van der Waals surface area contributed by atoms with Crippen molar-refractivity contribution in [1.29, 1.82) is 0 Å². The number of nitrogens with one attached hydrogen (secondary N) is 1. The third-order valence-electron chi connectivity index (χ3n) is 4.34. The zero-order chi connectivity index (χ0) is 12.3. The van der Waals surface area contributed by atoms with Gasteiger partial charge in [-0.2, -0.15) is 0 Å². The lowest BCUT2D eigenvalue weighted by Gasteiger charge is -2.51. The predicted molar refractivity (Wildman–Crippen MR) is 74.2 cm³/mol. The van der Waals surface area contributed by atoms with Crippen molar-refractivity contribution in [2.24, 2.45) is 11.8 Å². The number of hydrogen-bond donors (Lipinski definition) is 1. The van der Waals surface area contributed by atoms with Gasteiger partial charge in [-0.1, -0.05) is 57.5 Å². The lowest BCUT2D eigenvalue weighted by atomic mass is 9.58. The molecule has 1 aromatic carbocycles. The van der Waals surface area contributed by atoms with Crippen LogP contribution in [0.15, 0.2) is 30.3 Å². The minimum atomic E-state index is 0.727. The van der Waals surface area contributed by atoms with Gasteiger partial charge in [0.15, 0.2) is 0 Å². The molecule has 1 aliphatic carbocycles. The van der Waals surface area contributed by atoms with E-state index in [4.69, 9.17) is 0 Å². The monoisotopic (exact) mass is 231 g/mol. The summed E-state index contributed by atoms with van der Waals surface area (Å²) in [7, 11) is 0. The molecule has 1 heteroatoms. The van der Waals surface area contributed by atoms with Crippen LogP contribution >= 0.6 is 0 Å². The fraction of sp³-hybridized carbons (Fsp3) is 0.625. The predicted octanol–water partition coefficient (Wildman–Crippen LogP) is 3.81. The Balaban J connectivity index is 2.05. The first-order valence-corrected chi connectivity index (χ1v) is 7.07. The van der Waals surface area contributed by atoms with Gasteiger partial charge in [-0.15, -0.1) is 0 Å². The van der Waals surface area contributed by atoms with Gasteiger partial charge in [-0.25, -0.2) is 0 Å². The first-order chi connectivity index (χ1) is 8.29. The highest BCUT2D eigenvalue weighted by molar-refractivity contribution is 5.26. The second-order valence-electron chi connectivity index (χ2n) is 5.35. The SMILES string of the molecule is CCCNC1C(C)C(c2ccccc2)C1CC. The van der Waals surface area contributed by atoms with E-state index in [2.05, 4.69) is 56.4 Å². The second-order valence-corrected chi connectivity index (χ2v) is 5.35. The summed E-state index contributed by atoms with van der Waals surface area (Å²) >= 11 is 0. The first kappa shape index (κ1) is 12.6. The van der Waals surface area contributed by atoms with Crippen LogP contribution in [0.5, 0.6) is 0 Å². The highest BCUT2D eigenvalue weighted by atomic mass is 15.0. The molecule has 1 aliphatic rings. The highest BCUT2D eigenvalue weighted by Gasteiger charge is 2.46. The van der Waals surface area contributed by atoms with Crippen molar-refractivity contribution in [3.8, 4) is 0 Å². The van der Waals surface area contributed by atoms with E-state index in [9.17, 15) is 0 Å². The zero-order valence-corrected chi connectivity index (χ0v) is 11.3.